The van der Waals surface area contributed by atoms with Crippen molar-refractivity contribution in [1.82, 2.24) is 14.8 Å². The molecule has 0 radical (unpaired) electrons. The molecule has 0 aliphatic rings. The molecule has 0 saturated heterocycles. The van der Waals surface area contributed by atoms with Crippen LogP contribution in [-0.4, -0.2) is 33.5 Å². The lowest BCUT2D eigenvalue weighted by Crippen LogP contribution is -2.17. The van der Waals surface area contributed by atoms with Crippen LogP contribution in [0.25, 0.3) is 0 Å². The molecule has 0 aliphatic carbocycles. The van der Waals surface area contributed by atoms with Crippen LogP contribution < -0.4 is 14.8 Å². The Morgan fingerprint density at radius 3 is 2.41 bits per heavy atom. The maximum Gasteiger partial charge on any atom is 0.234 e. The van der Waals surface area contributed by atoms with Crippen LogP contribution >= 0.6 is 11.8 Å². The van der Waals surface area contributed by atoms with Crippen molar-refractivity contribution in [3.05, 3.63) is 59.4 Å². The van der Waals surface area contributed by atoms with Gasteiger partial charge in [0.05, 0.1) is 12.9 Å². The van der Waals surface area contributed by atoms with Crippen LogP contribution in [-0.2, 0) is 4.79 Å². The summed E-state index contributed by atoms with van der Waals surface area (Å²) in [4.78, 5) is 12.5. The Morgan fingerprint density at radius 1 is 1.06 bits per heavy atom. The predicted octanol–water partition coefficient (Wildman–Crippen LogP) is 5.36. The van der Waals surface area contributed by atoms with E-state index in [4.69, 9.17) is 9.47 Å². The van der Waals surface area contributed by atoms with Crippen LogP contribution in [0.4, 0.5) is 5.69 Å². The smallest absolute Gasteiger partial charge is 0.234 e. The summed E-state index contributed by atoms with van der Waals surface area (Å²) in [6, 6.07) is 13.4. The molecule has 0 bridgehead atoms. The number of carbonyl (C=O) groups excluding carboxylic acids is 1. The van der Waals surface area contributed by atoms with Crippen LogP contribution in [0.1, 0.15) is 49.9 Å². The second kappa shape index (κ2) is 10.5. The van der Waals surface area contributed by atoms with Crippen LogP contribution in [0.5, 0.6) is 11.5 Å². The number of aromatic nitrogens is 3. The zero-order valence-electron chi connectivity index (χ0n) is 19.4. The van der Waals surface area contributed by atoms with Gasteiger partial charge in [-0.3, -0.25) is 4.79 Å². The third kappa shape index (κ3) is 5.62. The molecule has 2 aromatic carbocycles. The van der Waals surface area contributed by atoms with Crippen molar-refractivity contribution in [1.29, 1.82) is 0 Å². The van der Waals surface area contributed by atoms with E-state index >= 15 is 0 Å². The van der Waals surface area contributed by atoms with E-state index < -0.39 is 0 Å². The number of rotatable bonds is 9. The molecule has 7 nitrogen and oxygen atoms in total. The Bertz CT molecular complexity index is 1060. The van der Waals surface area contributed by atoms with Gasteiger partial charge in [0.2, 0.25) is 5.91 Å². The van der Waals surface area contributed by atoms with Gasteiger partial charge in [0.25, 0.3) is 0 Å². The van der Waals surface area contributed by atoms with Crippen molar-refractivity contribution in [3.63, 3.8) is 0 Å². The van der Waals surface area contributed by atoms with Gasteiger partial charge in [0.15, 0.2) is 17.1 Å². The van der Waals surface area contributed by atoms with Gasteiger partial charge in [-0.1, -0.05) is 23.9 Å². The standard InChI is InChI=1S/C24H30N4O3S/c1-15(2)28-23(18(5)31-20-12-10-19(30-6)11-13-20)26-27-24(28)32-14-22(29)25-21-9-7-8-16(3)17(21)4/h7-13,15,18H,14H2,1-6H3,(H,25,29). The monoisotopic (exact) mass is 454 g/mol. The molecular formula is C24H30N4O3S. The highest BCUT2D eigenvalue weighted by Gasteiger charge is 2.22. The predicted molar refractivity (Wildman–Crippen MR) is 128 cm³/mol. The Kier molecular flexibility index (Phi) is 7.80. The molecule has 0 fully saturated rings. The first kappa shape index (κ1) is 23.7. The lowest BCUT2D eigenvalue weighted by molar-refractivity contribution is -0.113. The number of carbonyl (C=O) groups is 1. The first-order chi connectivity index (χ1) is 15.3. The molecule has 0 spiro atoms. The van der Waals surface area contributed by atoms with Gasteiger partial charge >= 0.3 is 0 Å². The quantitative estimate of drug-likeness (QED) is 0.439. The van der Waals surface area contributed by atoms with E-state index in [0.717, 1.165) is 28.3 Å². The minimum atomic E-state index is -0.309. The van der Waals surface area contributed by atoms with Gasteiger partial charge < -0.3 is 19.4 Å². The number of amides is 1. The molecular weight excluding hydrogens is 424 g/mol. The maximum atomic E-state index is 12.5. The maximum absolute atomic E-state index is 12.5. The summed E-state index contributed by atoms with van der Waals surface area (Å²) in [5, 5.41) is 12.4. The summed E-state index contributed by atoms with van der Waals surface area (Å²) >= 11 is 1.37. The molecule has 1 aromatic heterocycles. The number of aryl methyl sites for hydroxylation is 1. The summed E-state index contributed by atoms with van der Waals surface area (Å²) in [6.45, 7) is 10.1. The minimum absolute atomic E-state index is 0.0777. The zero-order chi connectivity index (χ0) is 23.3. The number of hydrogen-bond donors (Lipinski definition) is 1. The number of ether oxygens (including phenoxy) is 2. The van der Waals surface area contributed by atoms with E-state index in [1.165, 1.54) is 11.8 Å². The normalized spacial score (nSPS) is 12.0. The van der Waals surface area contributed by atoms with E-state index in [-0.39, 0.29) is 23.8 Å². The minimum Gasteiger partial charge on any atom is -0.497 e. The number of nitrogens with one attached hydrogen (secondary N) is 1. The molecule has 1 N–H and O–H groups in total. The highest BCUT2D eigenvalue weighted by atomic mass is 32.2. The zero-order valence-corrected chi connectivity index (χ0v) is 20.2. The van der Waals surface area contributed by atoms with E-state index in [0.29, 0.717) is 11.0 Å². The average molecular weight is 455 g/mol. The van der Waals surface area contributed by atoms with Gasteiger partial charge in [0.1, 0.15) is 11.5 Å². The third-order valence-corrected chi connectivity index (χ3v) is 6.10. The summed E-state index contributed by atoms with van der Waals surface area (Å²) in [5.41, 5.74) is 3.05. The molecule has 8 heteroatoms. The lowest BCUT2D eigenvalue weighted by atomic mass is 10.1. The van der Waals surface area contributed by atoms with Crippen molar-refractivity contribution in [2.75, 3.05) is 18.2 Å². The van der Waals surface area contributed by atoms with Gasteiger partial charge in [0, 0.05) is 11.7 Å². The van der Waals surface area contributed by atoms with E-state index in [9.17, 15) is 4.79 Å². The second-order valence-electron chi connectivity index (χ2n) is 7.82. The molecule has 3 aromatic rings. The Morgan fingerprint density at radius 2 is 1.75 bits per heavy atom. The Balaban J connectivity index is 1.68. The highest BCUT2D eigenvalue weighted by Crippen LogP contribution is 2.28. The van der Waals surface area contributed by atoms with Crippen LogP contribution in [0.15, 0.2) is 47.6 Å². The summed E-state index contributed by atoms with van der Waals surface area (Å²) < 4.78 is 13.3. The van der Waals surface area contributed by atoms with Gasteiger partial charge in [-0.15, -0.1) is 10.2 Å². The number of benzene rings is 2. The molecule has 1 heterocycles. The molecule has 1 atom stereocenters. The topological polar surface area (TPSA) is 78.3 Å². The van der Waals surface area contributed by atoms with Crippen molar-refractivity contribution in [2.45, 2.75) is 51.9 Å². The van der Waals surface area contributed by atoms with Crippen LogP contribution in [0.2, 0.25) is 0 Å². The number of hydrogen-bond acceptors (Lipinski definition) is 6. The van der Waals surface area contributed by atoms with Crippen molar-refractivity contribution < 1.29 is 14.3 Å². The number of nitrogens with zero attached hydrogens (tertiary/aromatic N) is 3. The molecule has 1 unspecified atom stereocenters. The van der Waals surface area contributed by atoms with Gasteiger partial charge in [-0.05, 0) is 76.1 Å². The fourth-order valence-electron chi connectivity index (χ4n) is 3.26. The van der Waals surface area contributed by atoms with E-state index in [2.05, 4.69) is 29.4 Å². The van der Waals surface area contributed by atoms with Crippen molar-refractivity contribution in [3.8, 4) is 11.5 Å². The molecule has 0 saturated carbocycles. The van der Waals surface area contributed by atoms with Crippen LogP contribution in [0.3, 0.4) is 0 Å². The van der Waals surface area contributed by atoms with E-state index in [1.54, 1.807) is 7.11 Å². The average Bonchev–Trinajstić information content (AvgIpc) is 3.20. The largest absolute Gasteiger partial charge is 0.497 e. The van der Waals surface area contributed by atoms with Crippen molar-refractivity contribution >= 4 is 23.4 Å². The second-order valence-corrected chi connectivity index (χ2v) is 8.77. The molecule has 0 aliphatic heterocycles. The first-order valence-corrected chi connectivity index (χ1v) is 11.5. The van der Waals surface area contributed by atoms with Gasteiger partial charge in [-0.2, -0.15) is 0 Å². The van der Waals surface area contributed by atoms with Crippen LogP contribution in [0, 0.1) is 13.8 Å². The first-order valence-electron chi connectivity index (χ1n) is 10.5. The fourth-order valence-corrected chi connectivity index (χ4v) is 4.14. The van der Waals surface area contributed by atoms with Crippen molar-refractivity contribution in [2.24, 2.45) is 0 Å². The lowest BCUT2D eigenvalue weighted by Gasteiger charge is -2.19. The molecule has 3 rings (SSSR count). The molecule has 170 valence electrons. The van der Waals surface area contributed by atoms with E-state index in [1.807, 2.05) is 67.8 Å². The highest BCUT2D eigenvalue weighted by molar-refractivity contribution is 7.99. The molecule has 32 heavy (non-hydrogen) atoms. The third-order valence-electron chi connectivity index (χ3n) is 5.15. The number of anilines is 1. The number of methoxy groups -OCH3 is 1. The summed E-state index contributed by atoms with van der Waals surface area (Å²) in [5.74, 6) is 2.37. The van der Waals surface area contributed by atoms with Gasteiger partial charge in [-0.25, -0.2) is 0 Å². The molecule has 1 amide bonds. The summed E-state index contributed by atoms with van der Waals surface area (Å²) in [6.07, 6.45) is -0.309. The summed E-state index contributed by atoms with van der Waals surface area (Å²) in [7, 11) is 1.63. The Hall–Kier alpha value is -3.00. The number of thioether (sulfide) groups is 1. The fraction of sp³-hybridized carbons (Fsp3) is 0.375. The Labute approximate surface area is 193 Å². The SMILES string of the molecule is COc1ccc(OC(C)c2nnc(SCC(=O)Nc3cccc(C)c3C)n2C(C)C)cc1.